The van der Waals surface area contributed by atoms with Gasteiger partial charge in [-0.3, -0.25) is 14.6 Å². The van der Waals surface area contributed by atoms with Gasteiger partial charge < -0.3 is 0 Å². The van der Waals surface area contributed by atoms with E-state index in [4.69, 9.17) is 16.6 Å². The van der Waals surface area contributed by atoms with Crippen LogP contribution < -0.4 is 0 Å². The Morgan fingerprint density at radius 1 is 1.28 bits per heavy atom. The second kappa shape index (κ2) is 6.54. The Bertz CT molecular complexity index is 905. The van der Waals surface area contributed by atoms with Gasteiger partial charge >= 0.3 is 0 Å². The van der Waals surface area contributed by atoms with Crippen LogP contribution in [0.25, 0.3) is 11.4 Å². The predicted octanol–water partition coefficient (Wildman–Crippen LogP) is 2.79. The summed E-state index contributed by atoms with van der Waals surface area (Å²) in [5, 5.41) is 5.11. The molecule has 0 amide bonds. The van der Waals surface area contributed by atoms with E-state index in [1.54, 1.807) is 17.1 Å². The van der Waals surface area contributed by atoms with Gasteiger partial charge in [-0.2, -0.15) is 5.10 Å². The third-order valence-corrected chi connectivity index (χ3v) is 5.06. The average molecular weight is 355 g/mol. The Balaban J connectivity index is 1.54. The fourth-order valence-electron chi connectivity index (χ4n) is 3.22. The highest BCUT2D eigenvalue weighted by Crippen LogP contribution is 2.25. The van der Waals surface area contributed by atoms with E-state index >= 15 is 0 Å². The normalized spacial score (nSPS) is 14.5. The van der Waals surface area contributed by atoms with Crippen molar-refractivity contribution in [3.05, 3.63) is 58.4 Å². The van der Waals surface area contributed by atoms with E-state index in [2.05, 4.69) is 20.0 Å². The summed E-state index contributed by atoms with van der Waals surface area (Å²) < 4.78 is 1.73. The molecule has 1 aliphatic heterocycles. The molecule has 0 saturated heterocycles. The maximum absolute atomic E-state index is 6.37. The molecular weight excluding hydrogens is 336 g/mol. The number of fused-ring (bicyclic) bond motifs is 1. The fraction of sp³-hybridized carbons (Fsp3) is 0.333. The number of aryl methyl sites for hydroxylation is 2. The Morgan fingerprint density at radius 2 is 2.16 bits per heavy atom. The Kier molecular flexibility index (Phi) is 4.23. The third kappa shape index (κ3) is 3.15. The van der Waals surface area contributed by atoms with Gasteiger partial charge in [0.1, 0.15) is 5.15 Å². The van der Waals surface area contributed by atoms with Crippen LogP contribution in [0.3, 0.4) is 0 Å². The highest BCUT2D eigenvalue weighted by molar-refractivity contribution is 6.30. The van der Waals surface area contributed by atoms with Gasteiger partial charge in [-0.25, -0.2) is 9.97 Å². The zero-order chi connectivity index (χ0) is 17.4. The molecule has 4 heterocycles. The van der Waals surface area contributed by atoms with E-state index in [1.165, 1.54) is 5.56 Å². The summed E-state index contributed by atoms with van der Waals surface area (Å²) in [7, 11) is 1.87. The van der Waals surface area contributed by atoms with E-state index in [0.29, 0.717) is 5.15 Å². The molecule has 4 rings (SSSR count). The largest absolute Gasteiger partial charge is 0.294 e. The second-order valence-corrected chi connectivity index (χ2v) is 6.70. The van der Waals surface area contributed by atoms with Crippen molar-refractivity contribution in [1.29, 1.82) is 0 Å². The van der Waals surface area contributed by atoms with Gasteiger partial charge in [-0.15, -0.1) is 0 Å². The lowest BCUT2D eigenvalue weighted by Gasteiger charge is -2.28. The Hall–Kier alpha value is -2.31. The number of halogens is 1. The first kappa shape index (κ1) is 16.2. The molecule has 128 valence electrons. The molecule has 0 bridgehead atoms. The first-order valence-electron chi connectivity index (χ1n) is 8.27. The Morgan fingerprint density at radius 3 is 2.88 bits per heavy atom. The van der Waals surface area contributed by atoms with Gasteiger partial charge in [0.2, 0.25) is 0 Å². The first-order valence-corrected chi connectivity index (χ1v) is 8.65. The zero-order valence-corrected chi connectivity index (χ0v) is 15.0. The van der Waals surface area contributed by atoms with Crippen LogP contribution in [-0.4, -0.2) is 36.2 Å². The van der Waals surface area contributed by atoms with Crippen molar-refractivity contribution in [3.8, 4) is 11.4 Å². The number of aromatic nitrogens is 5. The van der Waals surface area contributed by atoms with E-state index in [1.807, 2.05) is 32.3 Å². The van der Waals surface area contributed by atoms with E-state index in [0.717, 1.165) is 54.4 Å². The molecule has 7 heteroatoms. The summed E-state index contributed by atoms with van der Waals surface area (Å²) in [4.78, 5) is 15.8. The van der Waals surface area contributed by atoms with Crippen molar-refractivity contribution in [1.82, 2.24) is 29.6 Å². The minimum Gasteiger partial charge on any atom is -0.294 e. The smallest absolute Gasteiger partial charge is 0.160 e. The van der Waals surface area contributed by atoms with Crippen molar-refractivity contribution in [2.24, 2.45) is 7.05 Å². The third-order valence-electron chi connectivity index (χ3n) is 4.58. The maximum atomic E-state index is 6.37. The summed E-state index contributed by atoms with van der Waals surface area (Å²) in [6, 6.07) is 3.89. The van der Waals surface area contributed by atoms with Crippen LogP contribution in [0.4, 0.5) is 0 Å². The van der Waals surface area contributed by atoms with Crippen LogP contribution in [-0.2, 0) is 26.6 Å². The topological polar surface area (TPSA) is 59.7 Å². The van der Waals surface area contributed by atoms with Gasteiger partial charge in [0.25, 0.3) is 0 Å². The maximum Gasteiger partial charge on any atom is 0.160 e. The predicted molar refractivity (Wildman–Crippen MR) is 96.0 cm³/mol. The van der Waals surface area contributed by atoms with Gasteiger partial charge in [0.05, 0.1) is 11.4 Å². The number of hydrogen-bond acceptors (Lipinski definition) is 5. The molecule has 3 aromatic rings. The molecule has 6 nitrogen and oxygen atoms in total. The van der Waals surface area contributed by atoms with Gasteiger partial charge in [-0.05, 0) is 19.1 Å². The molecule has 0 unspecified atom stereocenters. The molecule has 0 atom stereocenters. The highest BCUT2D eigenvalue weighted by atomic mass is 35.5. The van der Waals surface area contributed by atoms with Crippen molar-refractivity contribution in [3.63, 3.8) is 0 Å². The van der Waals surface area contributed by atoms with Crippen LogP contribution >= 0.6 is 11.6 Å². The molecule has 0 radical (unpaired) electrons. The molecule has 0 fully saturated rings. The SMILES string of the molecule is Cc1nn(C)c(Cl)c1CN1CCc2nc(-c3cccnc3)ncc2C1. The fourth-order valence-corrected chi connectivity index (χ4v) is 3.46. The highest BCUT2D eigenvalue weighted by Gasteiger charge is 2.21. The molecule has 25 heavy (non-hydrogen) atoms. The summed E-state index contributed by atoms with van der Waals surface area (Å²) in [5.41, 5.74) is 5.34. The van der Waals surface area contributed by atoms with Crippen LogP contribution in [0.15, 0.2) is 30.7 Å². The van der Waals surface area contributed by atoms with Crippen LogP contribution in [0, 0.1) is 6.92 Å². The minimum absolute atomic E-state index is 0.714. The van der Waals surface area contributed by atoms with Gasteiger partial charge in [-0.1, -0.05) is 11.6 Å². The van der Waals surface area contributed by atoms with E-state index in [9.17, 15) is 0 Å². The molecule has 3 aromatic heterocycles. The van der Waals surface area contributed by atoms with Crippen molar-refractivity contribution in [2.45, 2.75) is 26.4 Å². The molecule has 0 spiro atoms. The summed E-state index contributed by atoms with van der Waals surface area (Å²) in [5.74, 6) is 0.742. The van der Waals surface area contributed by atoms with E-state index in [-0.39, 0.29) is 0 Å². The van der Waals surface area contributed by atoms with Crippen LogP contribution in [0.5, 0.6) is 0 Å². The number of nitrogens with zero attached hydrogens (tertiary/aromatic N) is 6. The number of hydrogen-bond donors (Lipinski definition) is 0. The molecule has 0 aliphatic carbocycles. The van der Waals surface area contributed by atoms with Crippen molar-refractivity contribution >= 4 is 11.6 Å². The van der Waals surface area contributed by atoms with Crippen molar-refractivity contribution in [2.75, 3.05) is 6.54 Å². The number of pyridine rings is 1. The van der Waals surface area contributed by atoms with Gasteiger partial charge in [0.15, 0.2) is 5.82 Å². The zero-order valence-electron chi connectivity index (χ0n) is 14.3. The van der Waals surface area contributed by atoms with Crippen LogP contribution in [0.1, 0.15) is 22.5 Å². The molecular formula is C18H19ClN6. The lowest BCUT2D eigenvalue weighted by Crippen LogP contribution is -2.31. The molecule has 0 saturated carbocycles. The lowest BCUT2D eigenvalue weighted by atomic mass is 10.1. The monoisotopic (exact) mass is 354 g/mol. The molecule has 1 aliphatic rings. The average Bonchev–Trinajstić information content (AvgIpc) is 2.88. The Labute approximate surface area is 151 Å². The standard InChI is InChI=1S/C18H19ClN6/c1-12-15(17(19)24(2)23-12)11-25-7-5-16-14(10-25)9-21-18(22-16)13-4-3-6-20-8-13/h3-4,6,8-9H,5,7,10-11H2,1-2H3. The van der Waals surface area contributed by atoms with Crippen molar-refractivity contribution < 1.29 is 0 Å². The summed E-state index contributed by atoms with van der Waals surface area (Å²) >= 11 is 6.37. The molecule has 0 aromatic carbocycles. The number of rotatable bonds is 3. The quantitative estimate of drug-likeness (QED) is 0.723. The van der Waals surface area contributed by atoms with Crippen LogP contribution in [0.2, 0.25) is 5.15 Å². The molecule has 0 N–H and O–H groups in total. The second-order valence-electron chi connectivity index (χ2n) is 6.35. The lowest BCUT2D eigenvalue weighted by molar-refractivity contribution is 0.242. The minimum atomic E-state index is 0.714. The van der Waals surface area contributed by atoms with Gasteiger partial charge in [0, 0.05) is 68.4 Å². The summed E-state index contributed by atoms with van der Waals surface area (Å²) in [6.07, 6.45) is 6.39. The van der Waals surface area contributed by atoms with E-state index < -0.39 is 0 Å². The summed E-state index contributed by atoms with van der Waals surface area (Å²) in [6.45, 7) is 4.57. The first-order chi connectivity index (χ1) is 12.1.